The number of ether oxygens (including phenoxy) is 1. The van der Waals surface area contributed by atoms with Gasteiger partial charge in [-0.2, -0.15) is 0 Å². The number of rotatable bonds is 2. The van der Waals surface area contributed by atoms with E-state index in [2.05, 4.69) is 22.3 Å². The van der Waals surface area contributed by atoms with Gasteiger partial charge < -0.3 is 14.5 Å². The summed E-state index contributed by atoms with van der Waals surface area (Å²) in [6.07, 6.45) is 9.38. The lowest BCUT2D eigenvalue weighted by Gasteiger charge is -2.42. The first-order chi connectivity index (χ1) is 18.5. The fraction of sp³-hybridized carbons (Fsp3) is 0.448. The van der Waals surface area contributed by atoms with Gasteiger partial charge in [-0.1, -0.05) is 42.6 Å². The molecule has 1 aromatic heterocycles. The molecule has 0 bridgehead atoms. The number of para-hydroxylation sites is 1. The number of hydrogen-bond acceptors (Lipinski definition) is 5. The molecule has 0 aliphatic carbocycles. The topological polar surface area (TPSA) is 80.6 Å². The number of hydrogen-bond donors (Lipinski definition) is 0. The maximum atomic E-state index is 13.8. The number of amides is 2. The van der Waals surface area contributed by atoms with Crippen molar-refractivity contribution in [3.05, 3.63) is 71.3 Å². The number of likely N-dealkylation sites (N-methyl/N-ethyl adjacent to an activating group) is 1. The molecular formula is C29H34ClN5O3. The Balaban J connectivity index is 1.28. The molecule has 0 N–H and O–H groups in total. The van der Waals surface area contributed by atoms with Gasteiger partial charge in [0, 0.05) is 25.8 Å². The normalized spacial score (nSPS) is 18.6. The molecule has 1 fully saturated rings. The number of likely N-dealkylation sites (tertiary alicyclic amines) is 1. The van der Waals surface area contributed by atoms with Crippen LogP contribution in [0.15, 0.2) is 55.1 Å². The van der Waals surface area contributed by atoms with Crippen molar-refractivity contribution in [3.63, 3.8) is 0 Å². The Labute approximate surface area is 228 Å². The molecule has 1 spiro atoms. The van der Waals surface area contributed by atoms with Crippen molar-refractivity contribution in [3.8, 4) is 11.4 Å². The summed E-state index contributed by atoms with van der Waals surface area (Å²) in [5, 5.41) is 8.09. The van der Waals surface area contributed by atoms with Crippen LogP contribution in [0.4, 0.5) is 0 Å². The third-order valence-corrected chi connectivity index (χ3v) is 8.29. The van der Waals surface area contributed by atoms with Crippen molar-refractivity contribution >= 4 is 23.4 Å². The number of aromatic nitrogens is 3. The molecule has 0 saturated carbocycles. The van der Waals surface area contributed by atoms with Gasteiger partial charge in [0.2, 0.25) is 5.91 Å². The molecular weight excluding hydrogens is 502 g/mol. The Morgan fingerprint density at radius 3 is 2.53 bits per heavy atom. The number of nitrogens with zero attached hydrogens (tertiary/aromatic N) is 5. The number of halogens is 1. The van der Waals surface area contributed by atoms with Gasteiger partial charge in [0.1, 0.15) is 25.0 Å². The predicted octanol–water partition coefficient (Wildman–Crippen LogP) is 4.80. The zero-order valence-electron chi connectivity index (χ0n) is 21.8. The highest BCUT2D eigenvalue weighted by Crippen LogP contribution is 2.39. The Morgan fingerprint density at radius 1 is 0.974 bits per heavy atom. The molecule has 38 heavy (non-hydrogen) atoms. The first-order valence-electron chi connectivity index (χ1n) is 13.4. The maximum absolute atomic E-state index is 13.8. The summed E-state index contributed by atoms with van der Waals surface area (Å²) in [6, 6.07) is 13.5. The number of piperidine rings is 1. The van der Waals surface area contributed by atoms with Gasteiger partial charge in [0.15, 0.2) is 0 Å². The van der Waals surface area contributed by atoms with E-state index >= 15 is 0 Å². The molecule has 0 radical (unpaired) electrons. The zero-order chi connectivity index (χ0) is 26.5. The lowest BCUT2D eigenvalue weighted by atomic mass is 9.73. The zero-order valence-corrected chi connectivity index (χ0v) is 22.6. The lowest BCUT2D eigenvalue weighted by Crippen LogP contribution is -2.51. The SMILES string of the molecule is CN1CCOc2ccccc2CCCCCC2(CCN(C(=O)c3cc(-n4cnnc4)ccc3Cl)CC2)C1=O. The van der Waals surface area contributed by atoms with Crippen LogP contribution in [-0.4, -0.2) is 69.7 Å². The fourth-order valence-electron chi connectivity index (χ4n) is 5.66. The van der Waals surface area contributed by atoms with Crippen molar-refractivity contribution in [2.75, 3.05) is 33.3 Å². The maximum Gasteiger partial charge on any atom is 0.255 e. The first kappa shape index (κ1) is 26.2. The van der Waals surface area contributed by atoms with Gasteiger partial charge in [-0.15, -0.1) is 10.2 Å². The van der Waals surface area contributed by atoms with Crippen LogP contribution in [0.5, 0.6) is 5.75 Å². The van der Waals surface area contributed by atoms with Crippen LogP contribution >= 0.6 is 11.6 Å². The fourth-order valence-corrected chi connectivity index (χ4v) is 5.85. The van der Waals surface area contributed by atoms with Gasteiger partial charge >= 0.3 is 0 Å². The van der Waals surface area contributed by atoms with Crippen molar-refractivity contribution in [1.29, 1.82) is 0 Å². The highest BCUT2D eigenvalue weighted by atomic mass is 35.5. The minimum Gasteiger partial charge on any atom is -0.491 e. The van der Waals surface area contributed by atoms with Crippen LogP contribution in [0.3, 0.4) is 0 Å². The van der Waals surface area contributed by atoms with E-state index in [1.807, 2.05) is 35.0 Å². The number of carbonyl (C=O) groups excluding carboxylic acids is 2. The molecule has 0 unspecified atom stereocenters. The summed E-state index contributed by atoms with van der Waals surface area (Å²) in [6.45, 7) is 2.03. The molecule has 200 valence electrons. The average molecular weight is 536 g/mol. The van der Waals surface area contributed by atoms with Crippen LogP contribution in [0.1, 0.15) is 54.4 Å². The Morgan fingerprint density at radius 2 is 1.74 bits per heavy atom. The van der Waals surface area contributed by atoms with Crippen molar-refractivity contribution in [2.45, 2.75) is 44.9 Å². The van der Waals surface area contributed by atoms with E-state index in [1.165, 1.54) is 5.56 Å². The number of benzene rings is 2. The Hall–Kier alpha value is -3.39. The van der Waals surface area contributed by atoms with E-state index < -0.39 is 5.41 Å². The van der Waals surface area contributed by atoms with E-state index in [1.54, 1.807) is 29.4 Å². The van der Waals surface area contributed by atoms with Gasteiger partial charge in [0.05, 0.1) is 22.5 Å². The van der Waals surface area contributed by atoms with Crippen molar-refractivity contribution < 1.29 is 14.3 Å². The highest BCUT2D eigenvalue weighted by molar-refractivity contribution is 6.33. The number of fused-ring (bicyclic) bond motifs is 1. The van der Waals surface area contributed by atoms with Gasteiger partial charge in [-0.05, 0) is 61.9 Å². The van der Waals surface area contributed by atoms with Gasteiger partial charge in [-0.25, -0.2) is 0 Å². The van der Waals surface area contributed by atoms with Crippen LogP contribution in [0.2, 0.25) is 5.02 Å². The van der Waals surface area contributed by atoms with Crippen LogP contribution < -0.4 is 4.74 Å². The van der Waals surface area contributed by atoms with Crippen LogP contribution in [0.25, 0.3) is 5.69 Å². The summed E-state index contributed by atoms with van der Waals surface area (Å²) in [7, 11) is 1.87. The minimum atomic E-state index is -0.458. The molecule has 9 heteroatoms. The summed E-state index contributed by atoms with van der Waals surface area (Å²) < 4.78 is 7.81. The van der Waals surface area contributed by atoms with E-state index in [0.29, 0.717) is 49.7 Å². The molecule has 0 atom stereocenters. The van der Waals surface area contributed by atoms with E-state index in [0.717, 1.165) is 43.5 Å². The quantitative estimate of drug-likeness (QED) is 0.471. The third kappa shape index (κ3) is 5.55. The summed E-state index contributed by atoms with van der Waals surface area (Å²) in [5.74, 6) is 0.964. The Kier molecular flexibility index (Phi) is 7.98. The summed E-state index contributed by atoms with van der Waals surface area (Å²) in [4.78, 5) is 30.9. The molecule has 3 heterocycles. The van der Waals surface area contributed by atoms with Gasteiger partial charge in [0.25, 0.3) is 5.91 Å². The van der Waals surface area contributed by atoms with E-state index in [4.69, 9.17) is 16.3 Å². The van der Waals surface area contributed by atoms with Crippen molar-refractivity contribution in [2.24, 2.45) is 5.41 Å². The first-order valence-corrected chi connectivity index (χ1v) is 13.7. The van der Waals surface area contributed by atoms with Gasteiger partial charge in [-0.3, -0.25) is 14.2 Å². The second-order valence-electron chi connectivity index (χ2n) is 10.3. The van der Waals surface area contributed by atoms with Crippen molar-refractivity contribution in [1.82, 2.24) is 24.6 Å². The molecule has 1 saturated heterocycles. The monoisotopic (exact) mass is 535 g/mol. The van der Waals surface area contributed by atoms with E-state index in [9.17, 15) is 9.59 Å². The van der Waals surface area contributed by atoms with Crippen LogP contribution in [0, 0.1) is 5.41 Å². The Bertz CT molecular complexity index is 1270. The lowest BCUT2D eigenvalue weighted by molar-refractivity contribution is -0.144. The summed E-state index contributed by atoms with van der Waals surface area (Å²) in [5.41, 5.74) is 1.99. The minimum absolute atomic E-state index is 0.114. The molecule has 2 aromatic carbocycles. The molecule has 3 aromatic rings. The smallest absolute Gasteiger partial charge is 0.255 e. The molecule has 2 aliphatic heterocycles. The number of carbonyl (C=O) groups is 2. The second-order valence-corrected chi connectivity index (χ2v) is 10.8. The largest absolute Gasteiger partial charge is 0.491 e. The van der Waals surface area contributed by atoms with E-state index in [-0.39, 0.29) is 11.8 Å². The molecule has 2 amide bonds. The molecule has 5 rings (SSSR count). The average Bonchev–Trinajstić information content (AvgIpc) is 3.48. The highest BCUT2D eigenvalue weighted by Gasteiger charge is 2.43. The number of aryl methyl sites for hydroxylation is 1. The predicted molar refractivity (Wildman–Crippen MR) is 146 cm³/mol. The summed E-state index contributed by atoms with van der Waals surface area (Å²) >= 11 is 6.44. The molecule has 8 nitrogen and oxygen atoms in total. The molecule has 2 aliphatic rings. The second kappa shape index (κ2) is 11.6. The third-order valence-electron chi connectivity index (χ3n) is 7.96. The standard InChI is InChI=1S/C29H34ClN5O3/c1-33-17-18-38-26-9-5-4-8-22(26)7-3-2-6-12-29(28(33)37)13-15-34(16-14-29)27(36)24-19-23(10-11-25(24)30)35-20-31-32-21-35/h4-5,8-11,19-21H,2-3,6-7,12-18H2,1H3. The van der Waals surface area contributed by atoms with Crippen LogP contribution in [-0.2, 0) is 11.2 Å².